The Morgan fingerprint density at radius 1 is 1.35 bits per heavy atom. The Morgan fingerprint density at radius 2 is 2.05 bits per heavy atom. The molecule has 1 aliphatic heterocycles. The van der Waals surface area contributed by atoms with Crippen LogP contribution in [0.15, 0.2) is 16.7 Å². The Morgan fingerprint density at radius 3 is 2.75 bits per heavy atom. The molecular formula is C14H15BrN2O3. The topological polar surface area (TPSA) is 56.5 Å². The summed E-state index contributed by atoms with van der Waals surface area (Å²) in [6, 6.07) is 3.95. The van der Waals surface area contributed by atoms with Crippen molar-refractivity contribution in [2.45, 2.75) is 13.3 Å². The van der Waals surface area contributed by atoms with Crippen molar-refractivity contribution < 1.29 is 14.6 Å². The number of ether oxygens (including phenoxy) is 2. The summed E-state index contributed by atoms with van der Waals surface area (Å²) in [7, 11) is 1.95. The number of hydrogen-bond donors (Lipinski definition) is 1. The van der Waals surface area contributed by atoms with Gasteiger partial charge >= 0.3 is 0 Å². The van der Waals surface area contributed by atoms with E-state index in [4.69, 9.17) is 14.6 Å². The molecule has 0 fully saturated rings. The van der Waals surface area contributed by atoms with Crippen LogP contribution in [-0.2, 0) is 13.5 Å². The van der Waals surface area contributed by atoms with Crippen LogP contribution in [0.2, 0.25) is 0 Å². The molecule has 2 heterocycles. The summed E-state index contributed by atoms with van der Waals surface area (Å²) in [6.07, 6.45) is 0.526. The first kappa shape index (κ1) is 13.5. The molecule has 0 saturated heterocycles. The second-order valence-corrected chi connectivity index (χ2v) is 5.47. The van der Waals surface area contributed by atoms with Gasteiger partial charge in [-0.25, -0.2) is 4.98 Å². The van der Waals surface area contributed by atoms with Crippen LogP contribution in [0.4, 0.5) is 0 Å². The van der Waals surface area contributed by atoms with E-state index in [0.717, 1.165) is 38.7 Å². The molecule has 5 nitrogen and oxygen atoms in total. The van der Waals surface area contributed by atoms with Crippen molar-refractivity contribution in [2.75, 3.05) is 13.4 Å². The SMILES string of the molecule is Cc1cc2c(cc1-c1c(Br)nc(CCO)n1C)OCO2. The highest BCUT2D eigenvalue weighted by Crippen LogP contribution is 2.40. The monoisotopic (exact) mass is 338 g/mol. The lowest BCUT2D eigenvalue weighted by Crippen LogP contribution is -2.02. The first-order valence-corrected chi connectivity index (χ1v) is 7.13. The fourth-order valence-electron chi connectivity index (χ4n) is 2.42. The lowest BCUT2D eigenvalue weighted by Gasteiger charge is -2.10. The number of rotatable bonds is 3. The van der Waals surface area contributed by atoms with Crippen molar-refractivity contribution >= 4 is 15.9 Å². The van der Waals surface area contributed by atoms with Crippen molar-refractivity contribution in [3.63, 3.8) is 0 Å². The first-order chi connectivity index (χ1) is 9.61. The van der Waals surface area contributed by atoms with E-state index in [-0.39, 0.29) is 13.4 Å². The molecule has 20 heavy (non-hydrogen) atoms. The predicted octanol–water partition coefficient (Wildman–Crippen LogP) is 2.42. The molecule has 3 rings (SSSR count). The fraction of sp³-hybridized carbons (Fsp3) is 0.357. The number of imidazole rings is 1. The van der Waals surface area contributed by atoms with E-state index in [0.29, 0.717) is 6.42 Å². The maximum Gasteiger partial charge on any atom is 0.231 e. The van der Waals surface area contributed by atoms with Crippen LogP contribution in [0.1, 0.15) is 11.4 Å². The van der Waals surface area contributed by atoms with Crippen molar-refractivity contribution in [1.29, 1.82) is 0 Å². The molecule has 1 aromatic carbocycles. The summed E-state index contributed by atoms with van der Waals surface area (Å²) >= 11 is 3.50. The summed E-state index contributed by atoms with van der Waals surface area (Å²) in [5.74, 6) is 2.37. The third kappa shape index (κ3) is 2.09. The van der Waals surface area contributed by atoms with E-state index >= 15 is 0 Å². The standard InChI is InChI=1S/C14H15BrN2O3/c1-8-5-10-11(20-7-19-10)6-9(8)13-14(15)16-12(3-4-18)17(13)2/h5-6,18H,3-4,7H2,1-2H3. The van der Waals surface area contributed by atoms with Gasteiger partial charge in [0.25, 0.3) is 0 Å². The summed E-state index contributed by atoms with van der Waals surface area (Å²) in [5.41, 5.74) is 3.11. The predicted molar refractivity (Wildman–Crippen MR) is 78.0 cm³/mol. The smallest absolute Gasteiger partial charge is 0.231 e. The van der Waals surface area contributed by atoms with E-state index in [9.17, 15) is 0 Å². The Bertz CT molecular complexity index is 667. The molecule has 1 aliphatic rings. The molecule has 0 amide bonds. The van der Waals surface area contributed by atoms with E-state index in [2.05, 4.69) is 20.9 Å². The van der Waals surface area contributed by atoms with Crippen molar-refractivity contribution in [1.82, 2.24) is 9.55 Å². The summed E-state index contributed by atoms with van der Waals surface area (Å²) in [6.45, 7) is 2.37. The third-order valence-electron chi connectivity index (χ3n) is 3.46. The highest BCUT2D eigenvalue weighted by atomic mass is 79.9. The first-order valence-electron chi connectivity index (χ1n) is 6.34. The normalized spacial score (nSPS) is 13.0. The molecular weight excluding hydrogens is 324 g/mol. The zero-order valence-corrected chi connectivity index (χ0v) is 12.9. The number of hydrogen-bond acceptors (Lipinski definition) is 4. The van der Waals surface area contributed by atoms with Crippen LogP contribution >= 0.6 is 15.9 Å². The molecule has 1 aromatic heterocycles. The van der Waals surface area contributed by atoms with E-state index in [1.54, 1.807) is 0 Å². The second kappa shape index (κ2) is 5.10. The van der Waals surface area contributed by atoms with Gasteiger partial charge in [0, 0.05) is 19.0 Å². The molecule has 106 valence electrons. The van der Waals surface area contributed by atoms with Gasteiger partial charge in [-0.1, -0.05) is 0 Å². The number of benzene rings is 1. The molecule has 0 aliphatic carbocycles. The zero-order valence-electron chi connectivity index (χ0n) is 11.3. The largest absolute Gasteiger partial charge is 0.454 e. The lowest BCUT2D eigenvalue weighted by atomic mass is 10.1. The molecule has 0 bridgehead atoms. The Hall–Kier alpha value is -1.53. The average Bonchev–Trinajstić information content (AvgIpc) is 2.95. The lowest BCUT2D eigenvalue weighted by molar-refractivity contribution is 0.174. The quantitative estimate of drug-likeness (QED) is 0.933. The second-order valence-electron chi connectivity index (χ2n) is 4.72. The Balaban J connectivity index is 2.14. The van der Waals surface area contributed by atoms with Gasteiger partial charge in [0.1, 0.15) is 10.4 Å². The number of aromatic nitrogens is 2. The molecule has 0 spiro atoms. The molecule has 0 atom stereocenters. The van der Waals surface area contributed by atoms with Gasteiger partial charge in [0.05, 0.1) is 12.3 Å². The Labute approximate surface area is 125 Å². The molecule has 0 unspecified atom stereocenters. The van der Waals surface area contributed by atoms with E-state index in [1.165, 1.54) is 0 Å². The highest BCUT2D eigenvalue weighted by molar-refractivity contribution is 9.10. The van der Waals surface area contributed by atoms with Gasteiger partial charge in [-0.2, -0.15) is 0 Å². The minimum absolute atomic E-state index is 0.0802. The number of aryl methyl sites for hydroxylation is 1. The summed E-state index contributed by atoms with van der Waals surface area (Å²) < 4.78 is 13.6. The molecule has 2 aromatic rings. The van der Waals surface area contributed by atoms with Crippen LogP contribution in [0.3, 0.4) is 0 Å². The number of nitrogens with zero attached hydrogens (tertiary/aromatic N) is 2. The van der Waals surface area contributed by atoms with Gasteiger partial charge in [0.15, 0.2) is 11.5 Å². The number of aliphatic hydroxyl groups is 1. The van der Waals surface area contributed by atoms with Gasteiger partial charge in [-0.15, -0.1) is 0 Å². The third-order valence-corrected chi connectivity index (χ3v) is 4.01. The molecule has 0 radical (unpaired) electrons. The number of halogens is 1. The molecule has 0 saturated carbocycles. The Kier molecular flexibility index (Phi) is 3.43. The number of fused-ring (bicyclic) bond motifs is 1. The maximum atomic E-state index is 9.09. The maximum absolute atomic E-state index is 9.09. The van der Waals surface area contributed by atoms with E-state index < -0.39 is 0 Å². The van der Waals surface area contributed by atoms with Crippen molar-refractivity contribution in [3.8, 4) is 22.8 Å². The van der Waals surface area contributed by atoms with Crippen molar-refractivity contribution in [3.05, 3.63) is 28.1 Å². The molecule has 6 heteroatoms. The van der Waals surface area contributed by atoms with Crippen LogP contribution < -0.4 is 9.47 Å². The highest BCUT2D eigenvalue weighted by Gasteiger charge is 2.21. The minimum Gasteiger partial charge on any atom is -0.454 e. The van der Waals surface area contributed by atoms with Crippen molar-refractivity contribution in [2.24, 2.45) is 7.05 Å². The van der Waals surface area contributed by atoms with Gasteiger partial charge in [-0.3, -0.25) is 0 Å². The van der Waals surface area contributed by atoms with Gasteiger partial charge in [0.2, 0.25) is 6.79 Å². The molecule has 1 N–H and O–H groups in total. The fourth-order valence-corrected chi connectivity index (χ4v) is 3.11. The van der Waals surface area contributed by atoms with Crippen LogP contribution in [0.5, 0.6) is 11.5 Å². The number of aliphatic hydroxyl groups excluding tert-OH is 1. The summed E-state index contributed by atoms with van der Waals surface area (Å²) in [5, 5.41) is 9.09. The summed E-state index contributed by atoms with van der Waals surface area (Å²) in [4.78, 5) is 4.46. The van der Waals surface area contributed by atoms with Crippen LogP contribution in [0.25, 0.3) is 11.3 Å². The zero-order chi connectivity index (χ0) is 14.3. The van der Waals surface area contributed by atoms with E-state index in [1.807, 2.05) is 30.7 Å². The van der Waals surface area contributed by atoms with Gasteiger partial charge in [-0.05, 0) is 40.5 Å². The van der Waals surface area contributed by atoms with Crippen LogP contribution in [-0.4, -0.2) is 28.1 Å². The minimum atomic E-state index is 0.0802. The van der Waals surface area contributed by atoms with Crippen LogP contribution in [0, 0.1) is 6.92 Å². The average molecular weight is 339 g/mol. The van der Waals surface area contributed by atoms with Gasteiger partial charge < -0.3 is 19.1 Å².